The number of nitrogens with one attached hydrogen (secondary N) is 1. The average molecular weight is 354 g/mol. The molecule has 1 rings (SSSR count). The Morgan fingerprint density at radius 1 is 1.50 bits per heavy atom. The summed E-state index contributed by atoms with van der Waals surface area (Å²) in [5, 5.41) is 3.22. The third-order valence-electron chi connectivity index (χ3n) is 1.77. The fourth-order valence-electron chi connectivity index (χ4n) is 1.14. The van der Waals surface area contributed by atoms with Crippen LogP contribution in [0.1, 0.15) is 0 Å². The van der Waals surface area contributed by atoms with Crippen molar-refractivity contribution in [3.05, 3.63) is 0 Å². The van der Waals surface area contributed by atoms with E-state index < -0.39 is 0 Å². The van der Waals surface area contributed by atoms with E-state index in [2.05, 4.69) is 5.32 Å². The number of carbonyl (C=O) groups excluding carboxylic acids is 1. The molecule has 0 aromatic rings. The van der Waals surface area contributed by atoms with Gasteiger partial charge < -0.3 is 0 Å². The molecule has 1 aliphatic rings. The van der Waals surface area contributed by atoms with Crippen molar-refractivity contribution in [1.82, 2.24) is 10.2 Å². The zero-order valence-electron chi connectivity index (χ0n) is 6.39. The van der Waals surface area contributed by atoms with E-state index in [1.165, 1.54) is 0 Å². The molecule has 1 aliphatic heterocycles. The molecule has 0 bridgehead atoms. The van der Waals surface area contributed by atoms with Crippen LogP contribution in [0.4, 0.5) is 0 Å². The van der Waals surface area contributed by atoms with E-state index in [-0.39, 0.29) is 0 Å². The molecule has 1 heterocycles. The summed E-state index contributed by atoms with van der Waals surface area (Å²) in [6.45, 7) is 3.79. The summed E-state index contributed by atoms with van der Waals surface area (Å²) < 4.78 is 0.868. The molecular formula is C6H12N2ORa. The third-order valence-corrected chi connectivity index (χ3v) is 4.26. The topological polar surface area (TPSA) is 32.3 Å². The monoisotopic (exact) mass is 354 g/mol. The SMILES string of the molecule is O=C([CH2][RaH])N1CCNCC1. The molecule has 0 unspecified atom stereocenters. The van der Waals surface area contributed by atoms with Gasteiger partial charge in [-0.3, -0.25) is 0 Å². The van der Waals surface area contributed by atoms with Crippen molar-refractivity contribution in [1.29, 1.82) is 0 Å². The molecule has 10 heavy (non-hydrogen) atoms. The summed E-state index contributed by atoms with van der Waals surface area (Å²) >= 11 is 0.399. The number of carbonyl (C=O) groups is 1. The molecule has 1 fully saturated rings. The Balaban J connectivity index is 2.31. The average Bonchev–Trinajstić information content (AvgIpc) is 2.05. The van der Waals surface area contributed by atoms with Crippen molar-refractivity contribution in [2.45, 2.75) is 1.46 Å². The van der Waals surface area contributed by atoms with Crippen molar-refractivity contribution in [3.63, 3.8) is 0 Å². The molecule has 0 aromatic heterocycles. The summed E-state index contributed by atoms with van der Waals surface area (Å²) in [4.78, 5) is 13.1. The second kappa shape index (κ2) is 4.71. The van der Waals surface area contributed by atoms with Gasteiger partial charge in [-0.15, -0.1) is 0 Å². The maximum atomic E-state index is 11.1. The van der Waals surface area contributed by atoms with Crippen molar-refractivity contribution in [2.75, 3.05) is 26.2 Å². The number of hydrogen-bond donors (Lipinski definition) is 1. The van der Waals surface area contributed by atoms with Gasteiger partial charge in [0, 0.05) is 0 Å². The van der Waals surface area contributed by atoms with Crippen LogP contribution in [0.15, 0.2) is 0 Å². The summed E-state index contributed by atoms with van der Waals surface area (Å²) in [6, 6.07) is 0. The van der Waals surface area contributed by atoms with Gasteiger partial charge in [-0.1, -0.05) is 0 Å². The Labute approximate surface area is 90.3 Å². The fourth-order valence-corrected chi connectivity index (χ4v) is 2.98. The van der Waals surface area contributed by atoms with Crippen molar-refractivity contribution < 1.29 is 47.6 Å². The molecule has 3 nitrogen and oxygen atoms in total. The molecule has 0 radical (unpaired) electrons. The molecule has 0 spiro atoms. The Morgan fingerprint density at radius 2 is 2.10 bits per heavy atom. The first kappa shape index (κ1) is 8.99. The van der Waals surface area contributed by atoms with Crippen molar-refractivity contribution in [3.8, 4) is 0 Å². The van der Waals surface area contributed by atoms with Crippen LogP contribution >= 0.6 is 0 Å². The Bertz CT molecular complexity index is 123. The van der Waals surface area contributed by atoms with E-state index in [4.69, 9.17) is 0 Å². The number of hydrogen-bond acceptors (Lipinski definition) is 2. The number of rotatable bonds is 1. The zero-order chi connectivity index (χ0) is 7.40. The first-order chi connectivity index (χ1) is 4.84. The molecule has 1 amide bonds. The van der Waals surface area contributed by atoms with Crippen molar-refractivity contribution in [2.24, 2.45) is 0 Å². The minimum absolute atomic E-state index is 0.381. The third kappa shape index (κ3) is 2.50. The molecule has 0 saturated carbocycles. The predicted molar refractivity (Wildman–Crippen MR) is 35.7 cm³/mol. The van der Waals surface area contributed by atoms with Crippen LogP contribution in [0, 0.1) is 42.8 Å². The zero-order valence-corrected chi connectivity index (χ0v) is 14.6. The van der Waals surface area contributed by atoms with E-state index in [1.54, 1.807) is 0 Å². The van der Waals surface area contributed by atoms with Gasteiger partial charge >= 0.3 is 91.4 Å². The summed E-state index contributed by atoms with van der Waals surface area (Å²) in [5.74, 6) is 0.381. The van der Waals surface area contributed by atoms with Crippen LogP contribution in [-0.2, 0) is 4.79 Å². The molecule has 0 aromatic carbocycles. The van der Waals surface area contributed by atoms with Crippen LogP contribution < -0.4 is 5.32 Å². The Hall–Kier alpha value is 0.898. The van der Waals surface area contributed by atoms with Gasteiger partial charge in [0.05, 0.1) is 0 Å². The van der Waals surface area contributed by atoms with Gasteiger partial charge in [0.1, 0.15) is 0 Å². The van der Waals surface area contributed by atoms with Gasteiger partial charge in [0.15, 0.2) is 0 Å². The molecule has 54 valence electrons. The Kier molecular flexibility index (Phi) is 4.23. The van der Waals surface area contributed by atoms with E-state index in [1.807, 2.05) is 4.90 Å². The Morgan fingerprint density at radius 3 is 2.60 bits per heavy atom. The summed E-state index contributed by atoms with van der Waals surface area (Å²) in [7, 11) is 0. The standard InChI is InChI=1S/C6H11N2O.Ra.H/c1-6(9)8-4-2-7-3-5-8;;/h7H,1-5H2;;. The number of nitrogens with zero attached hydrogens (tertiary/aromatic N) is 1. The molecule has 1 saturated heterocycles. The van der Waals surface area contributed by atoms with Crippen molar-refractivity contribution >= 4 is 5.91 Å². The van der Waals surface area contributed by atoms with E-state index in [0.717, 1.165) is 27.6 Å². The predicted octanol–water partition coefficient (Wildman–Crippen LogP) is -0.882. The van der Waals surface area contributed by atoms with E-state index in [9.17, 15) is 4.79 Å². The number of piperazine rings is 1. The second-order valence-corrected chi connectivity index (χ2v) is 5.39. The van der Waals surface area contributed by atoms with Gasteiger partial charge in [0.25, 0.3) is 0 Å². The molecule has 0 aliphatic carbocycles. The molecule has 4 heteroatoms. The maximum absolute atomic E-state index is 11.1. The van der Waals surface area contributed by atoms with Gasteiger partial charge in [-0.25, -0.2) is 0 Å². The van der Waals surface area contributed by atoms with E-state index >= 15 is 0 Å². The van der Waals surface area contributed by atoms with Gasteiger partial charge in [-0.2, -0.15) is 0 Å². The first-order valence-electron chi connectivity index (χ1n) is 3.83. The number of amides is 1. The molecule has 1 N–H and O–H groups in total. The first-order valence-corrected chi connectivity index (χ1v) is 9.64. The second-order valence-electron chi connectivity index (χ2n) is 2.48. The quantitative estimate of drug-likeness (QED) is 0.664. The van der Waals surface area contributed by atoms with Crippen LogP contribution in [-0.4, -0.2) is 37.0 Å². The van der Waals surface area contributed by atoms with Crippen LogP contribution in [0.3, 0.4) is 0 Å². The summed E-state index contributed by atoms with van der Waals surface area (Å²) in [6.07, 6.45) is 0. The van der Waals surface area contributed by atoms with Crippen LogP contribution in [0.2, 0.25) is 1.46 Å². The summed E-state index contributed by atoms with van der Waals surface area (Å²) in [5.41, 5.74) is 0. The van der Waals surface area contributed by atoms with Gasteiger partial charge in [-0.05, 0) is 0 Å². The van der Waals surface area contributed by atoms with E-state index in [0.29, 0.717) is 48.7 Å². The minimum atomic E-state index is 0.381. The van der Waals surface area contributed by atoms with Crippen LogP contribution in [0.5, 0.6) is 0 Å². The van der Waals surface area contributed by atoms with Crippen LogP contribution in [0.25, 0.3) is 0 Å². The normalized spacial score (nSPS) is 18.9. The molecule has 0 atom stereocenters. The fraction of sp³-hybridized carbons (Fsp3) is 0.833. The molecular weight excluding hydrogens is 342 g/mol. The van der Waals surface area contributed by atoms with Gasteiger partial charge in [0.2, 0.25) is 0 Å².